The van der Waals surface area contributed by atoms with Crippen molar-refractivity contribution < 1.29 is 19.4 Å². The molecule has 0 bridgehead atoms. The van der Waals surface area contributed by atoms with Crippen molar-refractivity contribution in [3.05, 3.63) is 54.1 Å². The lowest BCUT2D eigenvalue weighted by atomic mass is 10.0. The molecule has 5 nitrogen and oxygen atoms in total. The van der Waals surface area contributed by atoms with Gasteiger partial charge in [-0.25, -0.2) is 0 Å². The number of aliphatic hydroxyl groups excluding tert-OH is 1. The third-order valence-corrected chi connectivity index (χ3v) is 3.78. The highest BCUT2D eigenvalue weighted by Crippen LogP contribution is 2.33. The van der Waals surface area contributed by atoms with Crippen LogP contribution in [0.2, 0.25) is 0 Å². The molecule has 0 aliphatic heterocycles. The van der Waals surface area contributed by atoms with Crippen LogP contribution < -0.4 is 4.74 Å². The summed E-state index contributed by atoms with van der Waals surface area (Å²) < 4.78 is 10.9. The summed E-state index contributed by atoms with van der Waals surface area (Å²) in [4.78, 5) is 13.3. The zero-order valence-corrected chi connectivity index (χ0v) is 14.8. The molecule has 2 aromatic carbocycles. The van der Waals surface area contributed by atoms with E-state index in [-0.39, 0.29) is 19.1 Å². The van der Waals surface area contributed by atoms with Crippen molar-refractivity contribution in [2.45, 2.75) is 13.5 Å². The number of likely N-dealkylation sites (N-methyl/N-ethyl adjacent to an activating group) is 1. The lowest BCUT2D eigenvalue weighted by molar-refractivity contribution is -0.144. The average molecular weight is 343 g/mol. The predicted molar refractivity (Wildman–Crippen MR) is 97.4 cm³/mol. The van der Waals surface area contributed by atoms with Gasteiger partial charge in [0.2, 0.25) is 0 Å². The van der Waals surface area contributed by atoms with Crippen LogP contribution in [0.1, 0.15) is 12.5 Å². The number of ether oxygens (including phenoxy) is 2. The largest absolute Gasteiger partial charge is 0.491 e. The van der Waals surface area contributed by atoms with E-state index in [2.05, 4.69) is 0 Å². The Morgan fingerprint density at radius 1 is 1.12 bits per heavy atom. The molecule has 0 heterocycles. The molecule has 0 saturated carbocycles. The normalized spacial score (nSPS) is 10.7. The summed E-state index contributed by atoms with van der Waals surface area (Å²) in [7, 11) is 1.84. The first kappa shape index (κ1) is 19.0. The maximum Gasteiger partial charge on any atom is 0.320 e. The molecule has 0 saturated heterocycles. The van der Waals surface area contributed by atoms with Gasteiger partial charge in [0, 0.05) is 17.7 Å². The third-order valence-electron chi connectivity index (χ3n) is 3.78. The first-order valence-corrected chi connectivity index (χ1v) is 8.40. The molecule has 134 valence electrons. The number of carbonyl (C=O) groups is 1. The van der Waals surface area contributed by atoms with Crippen LogP contribution >= 0.6 is 0 Å². The SMILES string of the molecule is CCOC(=O)CN(C)CCOc1c(CO)cccc1-c1ccccc1. The average Bonchev–Trinajstić information content (AvgIpc) is 2.62. The Morgan fingerprint density at radius 2 is 1.88 bits per heavy atom. The fraction of sp³-hybridized carbons (Fsp3) is 0.350. The molecule has 0 atom stereocenters. The van der Waals surface area contributed by atoms with Gasteiger partial charge >= 0.3 is 5.97 Å². The zero-order chi connectivity index (χ0) is 18.1. The number of nitrogens with zero attached hydrogens (tertiary/aromatic N) is 1. The van der Waals surface area contributed by atoms with Crippen LogP contribution in [-0.4, -0.2) is 49.3 Å². The maximum absolute atomic E-state index is 11.5. The Hall–Kier alpha value is -2.37. The highest BCUT2D eigenvalue weighted by atomic mass is 16.5. The Morgan fingerprint density at radius 3 is 2.56 bits per heavy atom. The van der Waals surface area contributed by atoms with Gasteiger partial charge < -0.3 is 14.6 Å². The van der Waals surface area contributed by atoms with Crippen molar-refractivity contribution in [3.8, 4) is 16.9 Å². The van der Waals surface area contributed by atoms with Gasteiger partial charge in [-0.1, -0.05) is 48.5 Å². The number of esters is 1. The number of para-hydroxylation sites is 1. The van der Waals surface area contributed by atoms with Crippen LogP contribution in [0.25, 0.3) is 11.1 Å². The molecular formula is C20H25NO4. The second-order valence-electron chi connectivity index (χ2n) is 5.71. The summed E-state index contributed by atoms with van der Waals surface area (Å²) in [6, 6.07) is 15.7. The molecule has 0 aliphatic rings. The number of benzene rings is 2. The van der Waals surface area contributed by atoms with Gasteiger partial charge in [0.05, 0.1) is 19.8 Å². The monoisotopic (exact) mass is 343 g/mol. The molecule has 0 aromatic heterocycles. The van der Waals surface area contributed by atoms with Crippen LogP contribution in [0.5, 0.6) is 5.75 Å². The number of rotatable bonds is 9. The van der Waals surface area contributed by atoms with E-state index in [0.717, 1.165) is 16.7 Å². The van der Waals surface area contributed by atoms with Gasteiger partial charge in [0.15, 0.2) is 0 Å². The van der Waals surface area contributed by atoms with E-state index in [4.69, 9.17) is 9.47 Å². The molecular weight excluding hydrogens is 318 g/mol. The third kappa shape index (κ3) is 5.59. The van der Waals surface area contributed by atoms with Gasteiger partial charge in [-0.3, -0.25) is 9.69 Å². The molecule has 0 spiro atoms. The molecule has 1 N–H and O–H groups in total. The van der Waals surface area contributed by atoms with Crippen LogP contribution in [-0.2, 0) is 16.1 Å². The van der Waals surface area contributed by atoms with E-state index in [1.54, 1.807) is 6.92 Å². The van der Waals surface area contributed by atoms with Gasteiger partial charge in [-0.15, -0.1) is 0 Å². The first-order chi connectivity index (χ1) is 12.2. The molecule has 0 amide bonds. The quantitative estimate of drug-likeness (QED) is 0.710. The minimum atomic E-state index is -0.245. The summed E-state index contributed by atoms with van der Waals surface area (Å²) >= 11 is 0. The van der Waals surface area contributed by atoms with E-state index in [1.807, 2.05) is 60.5 Å². The van der Waals surface area contributed by atoms with E-state index < -0.39 is 0 Å². The maximum atomic E-state index is 11.5. The number of hydrogen-bond donors (Lipinski definition) is 1. The zero-order valence-electron chi connectivity index (χ0n) is 14.8. The minimum absolute atomic E-state index is 0.0886. The molecule has 5 heteroatoms. The second kappa shape index (κ2) is 9.81. The van der Waals surface area contributed by atoms with E-state index in [0.29, 0.717) is 25.5 Å². The standard InChI is InChI=1S/C20H25NO4/c1-3-24-19(23)14-21(2)12-13-25-20-17(15-22)10-7-11-18(20)16-8-5-4-6-9-16/h4-11,22H,3,12-15H2,1-2H3. The lowest BCUT2D eigenvalue weighted by Crippen LogP contribution is -2.31. The van der Waals surface area contributed by atoms with Crippen molar-refractivity contribution >= 4 is 5.97 Å². The van der Waals surface area contributed by atoms with E-state index in [1.165, 1.54) is 0 Å². The summed E-state index contributed by atoms with van der Waals surface area (Å²) in [6.07, 6.45) is 0. The van der Waals surface area contributed by atoms with Crippen LogP contribution in [0.4, 0.5) is 0 Å². The molecule has 0 aliphatic carbocycles. The van der Waals surface area contributed by atoms with Crippen molar-refractivity contribution in [2.75, 3.05) is 33.4 Å². The smallest absolute Gasteiger partial charge is 0.320 e. The van der Waals surface area contributed by atoms with Gasteiger partial charge in [-0.2, -0.15) is 0 Å². The Kier molecular flexibility index (Phi) is 7.44. The summed E-state index contributed by atoms with van der Waals surface area (Å²) in [5.74, 6) is 0.437. The van der Waals surface area contributed by atoms with Crippen LogP contribution in [0.3, 0.4) is 0 Å². The predicted octanol–water partition coefficient (Wildman–Crippen LogP) is 2.72. The number of aliphatic hydroxyl groups is 1. The summed E-state index contributed by atoms with van der Waals surface area (Å²) in [5, 5.41) is 9.62. The minimum Gasteiger partial charge on any atom is -0.491 e. The van der Waals surface area contributed by atoms with Crippen LogP contribution in [0, 0.1) is 0 Å². The summed E-state index contributed by atoms with van der Waals surface area (Å²) in [5.41, 5.74) is 2.72. The molecule has 0 unspecified atom stereocenters. The Bertz CT molecular complexity index is 673. The topological polar surface area (TPSA) is 59.0 Å². The van der Waals surface area contributed by atoms with Crippen molar-refractivity contribution in [2.24, 2.45) is 0 Å². The van der Waals surface area contributed by atoms with E-state index in [9.17, 15) is 9.90 Å². The molecule has 25 heavy (non-hydrogen) atoms. The highest BCUT2D eigenvalue weighted by molar-refractivity contribution is 5.72. The molecule has 0 radical (unpaired) electrons. The van der Waals surface area contributed by atoms with E-state index >= 15 is 0 Å². The summed E-state index contributed by atoms with van der Waals surface area (Å²) in [6.45, 7) is 3.30. The van der Waals surface area contributed by atoms with Crippen molar-refractivity contribution in [3.63, 3.8) is 0 Å². The first-order valence-electron chi connectivity index (χ1n) is 8.40. The second-order valence-corrected chi connectivity index (χ2v) is 5.71. The lowest BCUT2D eigenvalue weighted by Gasteiger charge is -2.19. The number of hydrogen-bond acceptors (Lipinski definition) is 5. The van der Waals surface area contributed by atoms with Crippen molar-refractivity contribution in [1.29, 1.82) is 0 Å². The molecule has 2 rings (SSSR count). The Balaban J connectivity index is 2.05. The highest BCUT2D eigenvalue weighted by Gasteiger charge is 2.12. The fourth-order valence-corrected chi connectivity index (χ4v) is 2.53. The fourth-order valence-electron chi connectivity index (χ4n) is 2.53. The van der Waals surface area contributed by atoms with Crippen molar-refractivity contribution in [1.82, 2.24) is 4.90 Å². The number of carbonyl (C=O) groups excluding carboxylic acids is 1. The Labute approximate surface area is 148 Å². The molecule has 0 fully saturated rings. The van der Waals surface area contributed by atoms with Gasteiger partial charge in [-0.05, 0) is 19.5 Å². The van der Waals surface area contributed by atoms with Gasteiger partial charge in [0.25, 0.3) is 0 Å². The van der Waals surface area contributed by atoms with Crippen LogP contribution in [0.15, 0.2) is 48.5 Å². The molecule has 2 aromatic rings. The van der Waals surface area contributed by atoms with Gasteiger partial charge in [0.1, 0.15) is 12.4 Å².